The van der Waals surface area contributed by atoms with Gasteiger partial charge in [0.25, 0.3) is 0 Å². The molecule has 2 aromatic heterocycles. The molecule has 18 heavy (non-hydrogen) atoms. The molecular formula is C13H14N2O2S. The number of hydrogen-bond acceptors (Lipinski definition) is 4. The molecule has 4 nitrogen and oxygen atoms in total. The van der Waals surface area contributed by atoms with Crippen molar-refractivity contribution in [2.45, 2.75) is 39.0 Å². The SMILES string of the molecule is CC(C)c1nc(C(=O)O)c2c3c(sc2n1)CCC3. The van der Waals surface area contributed by atoms with Crippen LogP contribution in [0.2, 0.25) is 0 Å². The van der Waals surface area contributed by atoms with Crippen molar-refractivity contribution in [1.29, 1.82) is 0 Å². The third kappa shape index (κ3) is 1.61. The summed E-state index contributed by atoms with van der Waals surface area (Å²) in [5.74, 6) is -0.180. The molecule has 0 saturated carbocycles. The molecular weight excluding hydrogens is 248 g/mol. The minimum Gasteiger partial charge on any atom is -0.476 e. The smallest absolute Gasteiger partial charge is 0.355 e. The number of hydrogen-bond donors (Lipinski definition) is 1. The largest absolute Gasteiger partial charge is 0.476 e. The van der Waals surface area contributed by atoms with E-state index in [1.165, 1.54) is 10.4 Å². The van der Waals surface area contributed by atoms with E-state index in [1.807, 2.05) is 13.8 Å². The van der Waals surface area contributed by atoms with Gasteiger partial charge in [-0.2, -0.15) is 0 Å². The molecule has 1 N–H and O–H groups in total. The van der Waals surface area contributed by atoms with Crippen LogP contribution in [0.4, 0.5) is 0 Å². The molecule has 0 fully saturated rings. The highest BCUT2D eigenvalue weighted by Crippen LogP contribution is 2.38. The second-order valence-corrected chi connectivity index (χ2v) is 6.01. The van der Waals surface area contributed by atoms with Crippen molar-refractivity contribution in [2.24, 2.45) is 0 Å². The summed E-state index contributed by atoms with van der Waals surface area (Å²) in [7, 11) is 0. The second-order valence-electron chi connectivity index (χ2n) is 4.93. The van der Waals surface area contributed by atoms with E-state index in [1.54, 1.807) is 11.3 Å². The maximum absolute atomic E-state index is 11.4. The molecule has 1 aliphatic rings. The van der Waals surface area contributed by atoms with Crippen LogP contribution in [0, 0.1) is 0 Å². The highest BCUT2D eigenvalue weighted by atomic mass is 32.1. The average Bonchev–Trinajstić information content (AvgIpc) is 2.86. The van der Waals surface area contributed by atoms with Gasteiger partial charge in [-0.25, -0.2) is 14.8 Å². The van der Waals surface area contributed by atoms with Crippen LogP contribution in [0.15, 0.2) is 0 Å². The first-order valence-electron chi connectivity index (χ1n) is 6.13. The zero-order valence-corrected chi connectivity index (χ0v) is 11.2. The predicted molar refractivity (Wildman–Crippen MR) is 70.5 cm³/mol. The molecule has 0 spiro atoms. The van der Waals surface area contributed by atoms with Crippen LogP contribution in [-0.4, -0.2) is 21.0 Å². The summed E-state index contributed by atoms with van der Waals surface area (Å²) in [4.78, 5) is 22.3. The number of thiophene rings is 1. The molecule has 5 heteroatoms. The number of aromatic carboxylic acids is 1. The number of nitrogens with zero attached hydrogens (tertiary/aromatic N) is 2. The molecule has 3 rings (SSSR count). The van der Waals surface area contributed by atoms with E-state index in [-0.39, 0.29) is 11.6 Å². The highest BCUT2D eigenvalue weighted by Gasteiger charge is 2.25. The Morgan fingerprint density at radius 2 is 2.11 bits per heavy atom. The van der Waals surface area contributed by atoms with E-state index < -0.39 is 5.97 Å². The predicted octanol–water partition coefficient (Wildman–Crippen LogP) is 3.00. The van der Waals surface area contributed by atoms with Gasteiger partial charge in [0.2, 0.25) is 0 Å². The van der Waals surface area contributed by atoms with Gasteiger partial charge in [-0.3, -0.25) is 0 Å². The van der Waals surface area contributed by atoms with Crippen LogP contribution in [0.1, 0.15) is 52.9 Å². The van der Waals surface area contributed by atoms with E-state index in [4.69, 9.17) is 0 Å². The Kier molecular flexibility index (Phi) is 2.59. The van der Waals surface area contributed by atoms with Crippen molar-refractivity contribution < 1.29 is 9.90 Å². The van der Waals surface area contributed by atoms with Gasteiger partial charge in [-0.05, 0) is 24.8 Å². The van der Waals surface area contributed by atoms with Gasteiger partial charge < -0.3 is 5.11 Å². The summed E-state index contributed by atoms with van der Waals surface area (Å²) in [6, 6.07) is 0. The lowest BCUT2D eigenvalue weighted by Gasteiger charge is -2.06. The van der Waals surface area contributed by atoms with Crippen LogP contribution < -0.4 is 0 Å². The topological polar surface area (TPSA) is 63.1 Å². The minimum absolute atomic E-state index is 0.143. The maximum Gasteiger partial charge on any atom is 0.355 e. The maximum atomic E-state index is 11.4. The van der Waals surface area contributed by atoms with Crippen LogP contribution in [0.3, 0.4) is 0 Å². The molecule has 0 amide bonds. The lowest BCUT2D eigenvalue weighted by atomic mass is 10.1. The Hall–Kier alpha value is -1.49. The fourth-order valence-electron chi connectivity index (χ4n) is 2.43. The zero-order chi connectivity index (χ0) is 12.9. The first-order chi connectivity index (χ1) is 8.58. The number of carbonyl (C=O) groups is 1. The number of carboxylic acid groups (broad SMARTS) is 1. The number of carboxylic acids is 1. The van der Waals surface area contributed by atoms with Crippen molar-refractivity contribution in [3.8, 4) is 0 Å². The third-order valence-corrected chi connectivity index (χ3v) is 4.49. The molecule has 2 aromatic rings. The average molecular weight is 262 g/mol. The summed E-state index contributed by atoms with van der Waals surface area (Å²) >= 11 is 1.64. The van der Waals surface area contributed by atoms with Gasteiger partial charge in [0.15, 0.2) is 5.69 Å². The quantitative estimate of drug-likeness (QED) is 0.903. The summed E-state index contributed by atoms with van der Waals surface area (Å²) in [5.41, 5.74) is 1.35. The minimum atomic E-state index is -0.947. The third-order valence-electron chi connectivity index (χ3n) is 3.30. The fraction of sp³-hybridized carbons (Fsp3) is 0.462. The zero-order valence-electron chi connectivity index (χ0n) is 10.4. The van der Waals surface area contributed by atoms with Gasteiger partial charge in [0.05, 0.1) is 0 Å². The monoisotopic (exact) mass is 262 g/mol. The molecule has 0 radical (unpaired) electrons. The van der Waals surface area contributed by atoms with Crippen molar-refractivity contribution in [1.82, 2.24) is 9.97 Å². The lowest BCUT2D eigenvalue weighted by molar-refractivity contribution is 0.0692. The Labute approximate surface area is 109 Å². The van der Waals surface area contributed by atoms with Gasteiger partial charge in [-0.15, -0.1) is 11.3 Å². The van der Waals surface area contributed by atoms with Gasteiger partial charge in [0.1, 0.15) is 10.7 Å². The molecule has 0 saturated heterocycles. The highest BCUT2D eigenvalue weighted by molar-refractivity contribution is 7.19. The van der Waals surface area contributed by atoms with E-state index in [0.717, 1.165) is 29.5 Å². The lowest BCUT2D eigenvalue weighted by Crippen LogP contribution is -2.07. The second kappa shape index (κ2) is 4.02. The Bertz CT molecular complexity index is 646. The molecule has 0 unspecified atom stereocenters. The number of rotatable bonds is 2. The fourth-order valence-corrected chi connectivity index (χ4v) is 3.69. The van der Waals surface area contributed by atoms with Gasteiger partial charge in [0, 0.05) is 16.2 Å². The van der Waals surface area contributed by atoms with Crippen molar-refractivity contribution >= 4 is 27.5 Å². The Morgan fingerprint density at radius 3 is 2.78 bits per heavy atom. The van der Waals surface area contributed by atoms with Crippen molar-refractivity contribution in [2.75, 3.05) is 0 Å². The summed E-state index contributed by atoms with van der Waals surface area (Å²) in [6.45, 7) is 3.96. The first kappa shape index (κ1) is 11.6. The Balaban J connectivity index is 2.35. The summed E-state index contributed by atoms with van der Waals surface area (Å²) < 4.78 is 0. The van der Waals surface area contributed by atoms with E-state index in [2.05, 4.69) is 9.97 Å². The number of aromatic nitrogens is 2. The number of fused-ring (bicyclic) bond motifs is 3. The van der Waals surface area contributed by atoms with E-state index in [0.29, 0.717) is 5.82 Å². The van der Waals surface area contributed by atoms with Gasteiger partial charge >= 0.3 is 5.97 Å². The van der Waals surface area contributed by atoms with E-state index >= 15 is 0 Å². The van der Waals surface area contributed by atoms with Crippen LogP contribution in [0.25, 0.3) is 10.2 Å². The normalized spacial score (nSPS) is 14.4. The van der Waals surface area contributed by atoms with Crippen molar-refractivity contribution in [3.63, 3.8) is 0 Å². The molecule has 0 aliphatic heterocycles. The molecule has 2 heterocycles. The molecule has 0 bridgehead atoms. The van der Waals surface area contributed by atoms with Crippen LogP contribution >= 0.6 is 11.3 Å². The summed E-state index contributed by atoms with van der Waals surface area (Å²) in [5, 5.41) is 10.1. The Morgan fingerprint density at radius 1 is 1.33 bits per heavy atom. The molecule has 1 aliphatic carbocycles. The number of aryl methyl sites for hydroxylation is 2. The molecule has 94 valence electrons. The summed E-state index contributed by atoms with van der Waals surface area (Å²) in [6.07, 6.45) is 3.12. The van der Waals surface area contributed by atoms with Crippen LogP contribution in [0.5, 0.6) is 0 Å². The van der Waals surface area contributed by atoms with Gasteiger partial charge in [-0.1, -0.05) is 13.8 Å². The molecule has 0 atom stereocenters. The standard InChI is InChI=1S/C13H14N2O2S/c1-6(2)11-14-10(13(16)17)9-7-4-3-5-8(7)18-12(9)15-11/h6H,3-5H2,1-2H3,(H,16,17). The van der Waals surface area contributed by atoms with E-state index in [9.17, 15) is 9.90 Å². The van der Waals surface area contributed by atoms with Crippen molar-refractivity contribution in [3.05, 3.63) is 22.0 Å². The molecule has 0 aromatic carbocycles. The van der Waals surface area contributed by atoms with Crippen LogP contribution in [-0.2, 0) is 12.8 Å². The first-order valence-corrected chi connectivity index (χ1v) is 6.95.